The molecule has 0 aliphatic carbocycles. The van der Waals surface area contributed by atoms with Crippen LogP contribution in [0.3, 0.4) is 0 Å². The van der Waals surface area contributed by atoms with E-state index in [2.05, 4.69) is 32.7 Å². The standard InChI is InChI=1S/C20H21FN6O3S/c1-8-4-9(2)13-20(17(28)23-19(30)24-18(20)29)6-11-5-12(16-26-25-10(3)31-16)14(21)22-15(11)27(13)7-8/h5,8-9,13H,4,6-7H2,1-3H3,(H2,23,24,28,29,30)/t8-,9-,13-/m1/s1. The zero-order valence-corrected chi connectivity index (χ0v) is 18.0. The van der Waals surface area contributed by atoms with Crippen LogP contribution in [0.15, 0.2) is 6.07 Å². The average Bonchev–Trinajstić information content (AvgIpc) is 3.11. The van der Waals surface area contributed by atoms with Crippen molar-refractivity contribution in [1.29, 1.82) is 0 Å². The highest BCUT2D eigenvalue weighted by atomic mass is 32.1. The summed E-state index contributed by atoms with van der Waals surface area (Å²) in [5, 5.41) is 13.6. The van der Waals surface area contributed by atoms with Crippen LogP contribution in [-0.2, 0) is 16.0 Å². The maximum absolute atomic E-state index is 15.1. The molecule has 1 spiro atoms. The molecule has 3 aliphatic rings. The molecule has 162 valence electrons. The van der Waals surface area contributed by atoms with E-state index in [1.165, 1.54) is 11.3 Å². The second-order valence-corrected chi connectivity index (χ2v) is 9.92. The number of anilines is 1. The Hall–Kier alpha value is -2.95. The van der Waals surface area contributed by atoms with Crippen LogP contribution < -0.4 is 15.5 Å². The molecule has 0 radical (unpaired) electrons. The predicted molar refractivity (Wildman–Crippen MR) is 110 cm³/mol. The van der Waals surface area contributed by atoms with E-state index >= 15 is 4.39 Å². The summed E-state index contributed by atoms with van der Waals surface area (Å²) in [5.74, 6) is -1.25. The number of nitrogens with one attached hydrogen (secondary N) is 2. The van der Waals surface area contributed by atoms with E-state index < -0.39 is 35.3 Å². The van der Waals surface area contributed by atoms with Crippen molar-refractivity contribution in [2.45, 2.75) is 39.7 Å². The van der Waals surface area contributed by atoms with Crippen molar-refractivity contribution in [3.63, 3.8) is 0 Å². The van der Waals surface area contributed by atoms with Crippen molar-refractivity contribution in [2.75, 3.05) is 11.4 Å². The molecular formula is C20H21FN6O3S. The van der Waals surface area contributed by atoms with E-state index in [4.69, 9.17) is 0 Å². The van der Waals surface area contributed by atoms with Crippen molar-refractivity contribution >= 4 is 35.0 Å². The number of nitrogens with zero attached hydrogens (tertiary/aromatic N) is 4. The van der Waals surface area contributed by atoms with E-state index in [0.717, 1.165) is 6.42 Å². The summed E-state index contributed by atoms with van der Waals surface area (Å²) < 4.78 is 15.1. The second-order valence-electron chi connectivity index (χ2n) is 8.74. The maximum atomic E-state index is 15.1. The van der Waals surface area contributed by atoms with Crippen molar-refractivity contribution in [3.05, 3.63) is 22.6 Å². The number of imide groups is 2. The molecule has 2 fully saturated rings. The zero-order valence-electron chi connectivity index (χ0n) is 17.2. The minimum atomic E-state index is -1.51. The fourth-order valence-corrected chi connectivity index (χ4v) is 6.12. The first-order valence-corrected chi connectivity index (χ1v) is 11.0. The number of pyridine rings is 1. The Bertz CT molecular complexity index is 1110. The highest BCUT2D eigenvalue weighted by Gasteiger charge is 2.62. The highest BCUT2D eigenvalue weighted by molar-refractivity contribution is 7.14. The average molecular weight is 444 g/mol. The first-order chi connectivity index (χ1) is 14.7. The summed E-state index contributed by atoms with van der Waals surface area (Å²) in [4.78, 5) is 44.3. The Kier molecular flexibility index (Phi) is 4.37. The first-order valence-electron chi connectivity index (χ1n) is 10.1. The minimum absolute atomic E-state index is 0.0191. The number of urea groups is 1. The number of aromatic nitrogens is 3. The van der Waals surface area contributed by atoms with Crippen molar-refractivity contribution in [3.8, 4) is 10.6 Å². The number of aryl methyl sites for hydroxylation is 1. The molecule has 5 rings (SSSR count). The topological polar surface area (TPSA) is 117 Å². The SMILES string of the molecule is Cc1nnc(-c2cc3c(nc2F)N2C[C@H](C)C[C@@H](C)[C@@H]2C2(C3)C(=O)NC(=O)NC2=O)s1. The van der Waals surface area contributed by atoms with Gasteiger partial charge in [-0.25, -0.2) is 9.78 Å². The van der Waals surface area contributed by atoms with E-state index in [0.29, 0.717) is 27.9 Å². The normalized spacial score (nSPS) is 26.9. The van der Waals surface area contributed by atoms with Gasteiger partial charge in [0.25, 0.3) is 0 Å². The first kappa shape index (κ1) is 20.0. The molecule has 0 unspecified atom stereocenters. The summed E-state index contributed by atoms with van der Waals surface area (Å²) in [6.45, 7) is 6.36. The van der Waals surface area contributed by atoms with Gasteiger partial charge in [0, 0.05) is 13.0 Å². The lowest BCUT2D eigenvalue weighted by atomic mass is 9.63. The summed E-state index contributed by atoms with van der Waals surface area (Å²) in [6.07, 6.45) is 0.822. The lowest BCUT2D eigenvalue weighted by Crippen LogP contribution is -2.73. The van der Waals surface area contributed by atoms with Crippen LogP contribution in [0.25, 0.3) is 10.6 Å². The smallest absolute Gasteiger partial charge is 0.328 e. The van der Waals surface area contributed by atoms with Crippen LogP contribution in [0.1, 0.15) is 30.8 Å². The Morgan fingerprint density at radius 2 is 1.90 bits per heavy atom. The molecule has 2 aromatic heterocycles. The highest BCUT2D eigenvalue weighted by Crippen LogP contribution is 2.49. The number of amides is 4. The summed E-state index contributed by atoms with van der Waals surface area (Å²) in [7, 11) is 0. The molecule has 3 atom stereocenters. The maximum Gasteiger partial charge on any atom is 0.328 e. The third kappa shape index (κ3) is 2.86. The van der Waals surface area contributed by atoms with E-state index in [-0.39, 0.29) is 23.8 Å². The molecule has 9 nitrogen and oxygen atoms in total. The Morgan fingerprint density at radius 3 is 2.55 bits per heavy atom. The van der Waals surface area contributed by atoms with Crippen LogP contribution >= 0.6 is 11.3 Å². The predicted octanol–water partition coefficient (Wildman–Crippen LogP) is 1.81. The monoisotopic (exact) mass is 444 g/mol. The summed E-state index contributed by atoms with van der Waals surface area (Å²) in [6, 6.07) is 0.249. The van der Waals surface area contributed by atoms with Crippen LogP contribution in [-0.4, -0.2) is 45.6 Å². The third-order valence-electron chi connectivity index (χ3n) is 6.46. The number of carbonyl (C=O) groups excluding carboxylic acids is 3. The summed E-state index contributed by atoms with van der Waals surface area (Å²) >= 11 is 1.24. The quantitative estimate of drug-likeness (QED) is 0.509. The van der Waals surface area contributed by atoms with Crippen LogP contribution in [0.4, 0.5) is 15.0 Å². The van der Waals surface area contributed by atoms with Crippen molar-refractivity contribution in [1.82, 2.24) is 25.8 Å². The molecule has 2 aromatic rings. The van der Waals surface area contributed by atoms with Gasteiger partial charge in [0.05, 0.1) is 11.6 Å². The van der Waals surface area contributed by atoms with Gasteiger partial charge < -0.3 is 4.90 Å². The molecular weight excluding hydrogens is 423 g/mol. The van der Waals surface area contributed by atoms with Crippen LogP contribution in [0.5, 0.6) is 0 Å². The third-order valence-corrected chi connectivity index (χ3v) is 7.33. The number of hydrogen-bond acceptors (Lipinski definition) is 8. The minimum Gasteiger partial charge on any atom is -0.351 e. The summed E-state index contributed by atoms with van der Waals surface area (Å²) in [5.41, 5.74) is -0.751. The number of carbonyl (C=O) groups is 3. The fraction of sp³-hybridized carbons (Fsp3) is 0.500. The van der Waals surface area contributed by atoms with Gasteiger partial charge in [0.15, 0.2) is 10.4 Å². The molecule has 31 heavy (non-hydrogen) atoms. The van der Waals surface area contributed by atoms with Crippen molar-refractivity contribution < 1.29 is 18.8 Å². The lowest BCUT2D eigenvalue weighted by molar-refractivity contribution is -0.148. The number of rotatable bonds is 1. The molecule has 0 saturated carbocycles. The number of fused-ring (bicyclic) bond motifs is 4. The van der Waals surface area contributed by atoms with E-state index in [9.17, 15) is 14.4 Å². The van der Waals surface area contributed by atoms with Gasteiger partial charge in [-0.1, -0.05) is 25.2 Å². The molecule has 11 heteroatoms. The fourth-order valence-electron chi connectivity index (χ4n) is 5.42. The Morgan fingerprint density at radius 1 is 1.19 bits per heavy atom. The van der Waals surface area contributed by atoms with Gasteiger partial charge in [-0.2, -0.15) is 4.39 Å². The van der Waals surface area contributed by atoms with Crippen LogP contribution in [0.2, 0.25) is 0 Å². The molecule has 2 N–H and O–H groups in total. The number of halogens is 1. The molecule has 5 heterocycles. The molecule has 2 saturated heterocycles. The van der Waals surface area contributed by atoms with Gasteiger partial charge in [0.1, 0.15) is 10.8 Å². The number of hydrogen-bond donors (Lipinski definition) is 2. The van der Waals surface area contributed by atoms with Crippen LogP contribution in [0, 0.1) is 30.1 Å². The second kappa shape index (κ2) is 6.78. The number of piperidine rings is 1. The van der Waals surface area contributed by atoms with Gasteiger partial charge in [-0.15, -0.1) is 10.2 Å². The van der Waals surface area contributed by atoms with Gasteiger partial charge in [0.2, 0.25) is 17.8 Å². The van der Waals surface area contributed by atoms with E-state index in [1.54, 1.807) is 13.0 Å². The van der Waals surface area contributed by atoms with Gasteiger partial charge in [-0.05, 0) is 36.8 Å². The molecule has 3 aliphatic heterocycles. The Labute approximate surface area is 181 Å². The molecule has 0 bridgehead atoms. The van der Waals surface area contributed by atoms with Gasteiger partial charge in [-0.3, -0.25) is 20.2 Å². The van der Waals surface area contributed by atoms with E-state index in [1.807, 2.05) is 11.8 Å². The van der Waals surface area contributed by atoms with Crippen molar-refractivity contribution in [2.24, 2.45) is 17.3 Å². The largest absolute Gasteiger partial charge is 0.351 e. The zero-order chi connectivity index (χ0) is 22.1. The van der Waals surface area contributed by atoms with Gasteiger partial charge >= 0.3 is 6.03 Å². The number of barbiturate groups is 1. The molecule has 0 aromatic carbocycles. The molecule has 4 amide bonds. The lowest BCUT2D eigenvalue weighted by Gasteiger charge is -2.55. The Balaban J connectivity index is 1.71.